The maximum atomic E-state index is 11.9. The molecule has 2 rings (SSSR count). The molecule has 158 valence electrons. The summed E-state index contributed by atoms with van der Waals surface area (Å²) in [6.45, 7) is 4.99. The molecule has 0 heterocycles. The Kier molecular flexibility index (Phi) is 9.31. The van der Waals surface area contributed by atoms with Gasteiger partial charge in [0.25, 0.3) is 0 Å². The van der Waals surface area contributed by atoms with Crippen molar-refractivity contribution in [1.82, 2.24) is 0 Å². The second kappa shape index (κ2) is 12.2. The molecular formula is C24H26O6. The Morgan fingerprint density at radius 1 is 0.767 bits per heavy atom. The van der Waals surface area contributed by atoms with Crippen LogP contribution in [0.3, 0.4) is 0 Å². The first kappa shape index (κ1) is 22.9. The van der Waals surface area contributed by atoms with Crippen LogP contribution in [0.2, 0.25) is 0 Å². The molecule has 0 unspecified atom stereocenters. The highest BCUT2D eigenvalue weighted by Crippen LogP contribution is 2.22. The fraction of sp³-hybridized carbons (Fsp3) is 0.292. The average molecular weight is 410 g/mol. The summed E-state index contributed by atoms with van der Waals surface area (Å²) in [5, 5.41) is 0. The molecule has 0 fully saturated rings. The van der Waals surface area contributed by atoms with Crippen molar-refractivity contribution in [3.05, 3.63) is 66.7 Å². The fourth-order valence-electron chi connectivity index (χ4n) is 2.55. The molecule has 0 saturated carbocycles. The molecule has 6 heteroatoms. The van der Waals surface area contributed by atoms with Crippen molar-refractivity contribution >= 4 is 17.9 Å². The molecule has 2 aromatic rings. The molecule has 0 aliphatic rings. The quantitative estimate of drug-likeness (QED) is 0.235. The van der Waals surface area contributed by atoms with E-state index in [9.17, 15) is 14.4 Å². The highest BCUT2D eigenvalue weighted by molar-refractivity contribution is 5.86. The highest BCUT2D eigenvalue weighted by atomic mass is 16.6. The first-order valence-electron chi connectivity index (χ1n) is 9.80. The van der Waals surface area contributed by atoms with E-state index in [1.165, 1.54) is 0 Å². The van der Waals surface area contributed by atoms with Crippen molar-refractivity contribution in [2.45, 2.75) is 32.6 Å². The zero-order valence-electron chi connectivity index (χ0n) is 17.1. The number of ether oxygens (including phenoxy) is 3. The van der Waals surface area contributed by atoms with Crippen molar-refractivity contribution in [1.29, 1.82) is 0 Å². The number of hydrogen-bond donors (Lipinski definition) is 0. The molecule has 0 saturated heterocycles. The van der Waals surface area contributed by atoms with Crippen LogP contribution in [-0.4, -0.2) is 31.1 Å². The number of unbranched alkanes of at least 4 members (excludes halogenated alkanes) is 1. The van der Waals surface area contributed by atoms with E-state index in [-0.39, 0.29) is 32.0 Å². The predicted octanol–water partition coefficient (Wildman–Crippen LogP) is 4.48. The zero-order chi connectivity index (χ0) is 21.8. The van der Waals surface area contributed by atoms with Gasteiger partial charge in [-0.25, -0.2) is 4.79 Å². The Morgan fingerprint density at radius 2 is 1.33 bits per heavy atom. The smallest absolute Gasteiger partial charge is 0.333 e. The molecule has 2 aromatic carbocycles. The minimum atomic E-state index is -0.515. The van der Waals surface area contributed by atoms with Gasteiger partial charge in [0.05, 0.1) is 0 Å². The van der Waals surface area contributed by atoms with Crippen molar-refractivity contribution in [2.24, 2.45) is 0 Å². The van der Waals surface area contributed by atoms with Crippen LogP contribution in [0.4, 0.5) is 0 Å². The van der Waals surface area contributed by atoms with Crippen LogP contribution in [0.15, 0.2) is 66.7 Å². The monoisotopic (exact) mass is 410 g/mol. The van der Waals surface area contributed by atoms with Gasteiger partial charge in [0.2, 0.25) is 0 Å². The molecular weight excluding hydrogens is 384 g/mol. The molecule has 0 aromatic heterocycles. The van der Waals surface area contributed by atoms with Crippen LogP contribution in [0.25, 0.3) is 11.1 Å². The Labute approximate surface area is 176 Å². The van der Waals surface area contributed by atoms with Gasteiger partial charge < -0.3 is 14.2 Å². The maximum absolute atomic E-state index is 11.9. The molecule has 0 atom stereocenters. The Hall–Kier alpha value is -3.41. The largest absolute Gasteiger partial charge is 0.462 e. The first-order valence-corrected chi connectivity index (χ1v) is 9.80. The summed E-state index contributed by atoms with van der Waals surface area (Å²) in [5.74, 6) is -0.767. The summed E-state index contributed by atoms with van der Waals surface area (Å²) in [4.78, 5) is 34.7. The number of benzene rings is 2. The van der Waals surface area contributed by atoms with Crippen LogP contribution in [-0.2, 0) is 23.9 Å². The minimum absolute atomic E-state index is 0.00112. The average Bonchev–Trinajstić information content (AvgIpc) is 2.75. The van der Waals surface area contributed by atoms with Gasteiger partial charge in [-0.3, -0.25) is 9.59 Å². The van der Waals surface area contributed by atoms with E-state index >= 15 is 0 Å². The topological polar surface area (TPSA) is 78.9 Å². The maximum Gasteiger partial charge on any atom is 0.333 e. The Bertz CT molecular complexity index is 855. The molecule has 0 amide bonds. The van der Waals surface area contributed by atoms with Crippen molar-refractivity contribution in [2.75, 3.05) is 13.2 Å². The molecule has 0 N–H and O–H groups in total. The van der Waals surface area contributed by atoms with Gasteiger partial charge in [0, 0.05) is 18.4 Å². The first-order chi connectivity index (χ1) is 14.5. The van der Waals surface area contributed by atoms with E-state index in [1.807, 2.05) is 42.5 Å². The van der Waals surface area contributed by atoms with Crippen LogP contribution in [0, 0.1) is 0 Å². The van der Waals surface area contributed by atoms with Crippen LogP contribution < -0.4 is 4.74 Å². The number of rotatable bonds is 11. The molecule has 6 nitrogen and oxygen atoms in total. The normalized spacial score (nSPS) is 10.2. The summed E-state index contributed by atoms with van der Waals surface area (Å²) in [6, 6.07) is 17.3. The van der Waals surface area contributed by atoms with Crippen LogP contribution in [0.1, 0.15) is 32.6 Å². The summed E-state index contributed by atoms with van der Waals surface area (Å²) in [5.41, 5.74) is 2.43. The lowest BCUT2D eigenvalue weighted by Gasteiger charge is -2.07. The lowest BCUT2D eigenvalue weighted by molar-refractivity contribution is -0.150. The summed E-state index contributed by atoms with van der Waals surface area (Å²) < 4.78 is 15.1. The summed E-state index contributed by atoms with van der Waals surface area (Å²) in [7, 11) is 0. The molecule has 0 radical (unpaired) electrons. The van der Waals surface area contributed by atoms with Crippen LogP contribution in [0.5, 0.6) is 5.75 Å². The van der Waals surface area contributed by atoms with E-state index in [0.29, 0.717) is 24.2 Å². The van der Waals surface area contributed by atoms with Gasteiger partial charge >= 0.3 is 17.9 Å². The zero-order valence-corrected chi connectivity index (χ0v) is 17.1. The third kappa shape index (κ3) is 8.31. The highest BCUT2D eigenvalue weighted by Gasteiger charge is 2.08. The van der Waals surface area contributed by atoms with E-state index in [1.54, 1.807) is 19.1 Å². The minimum Gasteiger partial charge on any atom is -0.462 e. The van der Waals surface area contributed by atoms with Crippen LogP contribution >= 0.6 is 0 Å². The van der Waals surface area contributed by atoms with E-state index in [0.717, 1.165) is 11.1 Å². The lowest BCUT2D eigenvalue weighted by Crippen LogP contribution is -2.14. The van der Waals surface area contributed by atoms with E-state index in [2.05, 4.69) is 6.58 Å². The van der Waals surface area contributed by atoms with Gasteiger partial charge in [-0.1, -0.05) is 49.0 Å². The molecule has 30 heavy (non-hydrogen) atoms. The van der Waals surface area contributed by atoms with Gasteiger partial charge in [-0.15, -0.1) is 0 Å². The molecule has 0 spiro atoms. The van der Waals surface area contributed by atoms with Crippen molar-refractivity contribution < 1.29 is 28.6 Å². The van der Waals surface area contributed by atoms with Gasteiger partial charge in [-0.05, 0) is 43.0 Å². The van der Waals surface area contributed by atoms with Gasteiger partial charge in [0.1, 0.15) is 19.0 Å². The third-order valence-electron chi connectivity index (χ3n) is 4.13. The SMILES string of the molecule is C=C(C)C(=O)OCCOC(=O)CCCCC(=O)Oc1ccc(-c2ccccc2)cc1. The molecule has 0 aliphatic heterocycles. The number of hydrogen-bond acceptors (Lipinski definition) is 6. The second-order valence-corrected chi connectivity index (χ2v) is 6.71. The van der Waals surface area contributed by atoms with Crippen molar-refractivity contribution in [3.63, 3.8) is 0 Å². The van der Waals surface area contributed by atoms with E-state index in [4.69, 9.17) is 14.2 Å². The molecule has 0 bridgehead atoms. The number of carbonyl (C=O) groups excluding carboxylic acids is 3. The Morgan fingerprint density at radius 3 is 1.97 bits per heavy atom. The lowest BCUT2D eigenvalue weighted by atomic mass is 10.1. The predicted molar refractivity (Wildman–Crippen MR) is 113 cm³/mol. The standard InChI is InChI=1S/C24H26O6/c1-18(2)24(27)29-17-16-28-22(25)10-6-7-11-23(26)30-21-14-12-20(13-15-21)19-8-4-3-5-9-19/h3-5,8-9,12-15H,1,6-7,10-11,16-17H2,2H3. The van der Waals surface area contributed by atoms with Crippen molar-refractivity contribution in [3.8, 4) is 16.9 Å². The second-order valence-electron chi connectivity index (χ2n) is 6.71. The summed E-state index contributed by atoms with van der Waals surface area (Å²) in [6.07, 6.45) is 1.42. The number of esters is 3. The summed E-state index contributed by atoms with van der Waals surface area (Å²) >= 11 is 0. The fourth-order valence-corrected chi connectivity index (χ4v) is 2.55. The molecule has 0 aliphatic carbocycles. The van der Waals surface area contributed by atoms with Gasteiger partial charge in [-0.2, -0.15) is 0 Å². The third-order valence-corrected chi connectivity index (χ3v) is 4.13. The Balaban J connectivity index is 1.59. The van der Waals surface area contributed by atoms with Gasteiger partial charge in [0.15, 0.2) is 0 Å². The van der Waals surface area contributed by atoms with E-state index < -0.39 is 11.9 Å². The number of carbonyl (C=O) groups is 3.